The summed E-state index contributed by atoms with van der Waals surface area (Å²) in [5.74, 6) is 0. The van der Waals surface area contributed by atoms with E-state index >= 15 is 0 Å². The lowest BCUT2D eigenvalue weighted by Gasteiger charge is -1.99. The Labute approximate surface area is 80.5 Å². The van der Waals surface area contributed by atoms with Crippen molar-refractivity contribution in [2.75, 3.05) is 0 Å². The van der Waals surface area contributed by atoms with Crippen LogP contribution in [0.2, 0.25) is 0 Å². The number of para-hydroxylation sites is 1. The monoisotopic (exact) mass is 175 g/mol. The van der Waals surface area contributed by atoms with Crippen LogP contribution in [0.5, 0.6) is 0 Å². The second-order valence-electron chi connectivity index (χ2n) is 2.83. The molecule has 1 aliphatic rings. The third kappa shape index (κ3) is 2.69. The van der Waals surface area contributed by atoms with Gasteiger partial charge < -0.3 is 0 Å². The van der Waals surface area contributed by atoms with Crippen LogP contribution in [0.25, 0.3) is 0 Å². The van der Waals surface area contributed by atoms with E-state index in [1.54, 1.807) is 0 Å². The van der Waals surface area contributed by atoms with E-state index < -0.39 is 0 Å². The molecule has 0 N–H and O–H groups in total. The molecular weight excluding hydrogens is 158 g/mol. The predicted octanol–water partition coefficient (Wildman–Crippen LogP) is 3.75. The average molecular weight is 175 g/mol. The average Bonchev–Trinajstić information content (AvgIpc) is 2.45. The summed E-state index contributed by atoms with van der Waals surface area (Å²) in [6, 6.07) is 8.37. The number of hydrogen-bond donors (Lipinski definition) is 0. The normalized spacial score (nSPS) is 13.7. The molecule has 1 heteroatoms. The molecule has 0 atom stereocenters. The lowest BCUT2D eigenvalue weighted by atomic mass is 10.1. The Morgan fingerprint density at radius 2 is 1.92 bits per heavy atom. The number of rotatable bonds is 0. The van der Waals surface area contributed by atoms with Gasteiger partial charge in [-0.15, -0.1) is 0 Å². The molecule has 13 heavy (non-hydrogen) atoms. The summed E-state index contributed by atoms with van der Waals surface area (Å²) in [7, 11) is 0. The molecule has 1 heterocycles. The Bertz CT molecular complexity index is 276. The number of benzene rings is 1. The van der Waals surface area contributed by atoms with Crippen LogP contribution in [0.4, 0.5) is 5.69 Å². The molecule has 0 saturated heterocycles. The second-order valence-corrected chi connectivity index (χ2v) is 2.83. The highest BCUT2D eigenvalue weighted by atomic mass is 14.7. The predicted molar refractivity (Wildman–Crippen MR) is 58.9 cm³/mol. The largest absolute Gasteiger partial charge is 0.261 e. The van der Waals surface area contributed by atoms with Gasteiger partial charge in [0, 0.05) is 6.21 Å². The molecule has 1 aromatic carbocycles. The Morgan fingerprint density at radius 3 is 2.77 bits per heavy atom. The van der Waals surface area contributed by atoms with E-state index in [0.717, 1.165) is 12.1 Å². The zero-order valence-corrected chi connectivity index (χ0v) is 8.46. The first-order valence-electron chi connectivity index (χ1n) is 5.07. The van der Waals surface area contributed by atoms with Gasteiger partial charge in [-0.3, -0.25) is 4.99 Å². The molecule has 0 unspecified atom stereocenters. The minimum Gasteiger partial charge on any atom is -0.261 e. The van der Waals surface area contributed by atoms with Crippen LogP contribution >= 0.6 is 0 Å². The van der Waals surface area contributed by atoms with Crippen LogP contribution in [0.15, 0.2) is 29.3 Å². The number of aliphatic imine (C=N–C) groups is 1. The van der Waals surface area contributed by atoms with Crippen molar-refractivity contribution < 1.29 is 0 Å². The molecule has 0 bridgehead atoms. The van der Waals surface area contributed by atoms with Crippen molar-refractivity contribution in [1.29, 1.82) is 0 Å². The first-order valence-corrected chi connectivity index (χ1v) is 5.07. The van der Waals surface area contributed by atoms with Crippen LogP contribution < -0.4 is 0 Å². The molecule has 70 valence electrons. The van der Waals surface area contributed by atoms with Crippen molar-refractivity contribution in [2.24, 2.45) is 4.99 Å². The van der Waals surface area contributed by atoms with E-state index in [1.165, 1.54) is 18.4 Å². The molecule has 0 saturated carbocycles. The van der Waals surface area contributed by atoms with E-state index in [2.05, 4.69) is 23.2 Å². The van der Waals surface area contributed by atoms with Crippen molar-refractivity contribution in [3.05, 3.63) is 29.8 Å². The van der Waals surface area contributed by atoms with Gasteiger partial charge in [-0.05, 0) is 30.9 Å². The number of aryl methyl sites for hydroxylation is 1. The van der Waals surface area contributed by atoms with Crippen LogP contribution in [-0.4, -0.2) is 6.21 Å². The highest BCUT2D eigenvalue weighted by molar-refractivity contribution is 5.66. The Morgan fingerprint density at radius 1 is 1.15 bits per heavy atom. The summed E-state index contributed by atoms with van der Waals surface area (Å²) in [4.78, 5) is 4.36. The van der Waals surface area contributed by atoms with E-state index in [9.17, 15) is 0 Å². The molecule has 0 aromatic heterocycles. The van der Waals surface area contributed by atoms with Crippen LogP contribution in [-0.2, 0) is 6.42 Å². The molecule has 0 spiro atoms. The maximum Gasteiger partial charge on any atom is 0.0657 e. The quantitative estimate of drug-likeness (QED) is 0.569. The minimum absolute atomic E-state index is 1.12. The smallest absolute Gasteiger partial charge is 0.0657 e. The molecule has 1 aromatic rings. The van der Waals surface area contributed by atoms with Gasteiger partial charge in [0.05, 0.1) is 5.69 Å². The van der Waals surface area contributed by atoms with Gasteiger partial charge in [0.25, 0.3) is 0 Å². The molecule has 0 fully saturated rings. The first kappa shape index (κ1) is 9.97. The fourth-order valence-corrected chi connectivity index (χ4v) is 1.39. The van der Waals surface area contributed by atoms with Gasteiger partial charge >= 0.3 is 0 Å². The maximum atomic E-state index is 4.36. The van der Waals surface area contributed by atoms with E-state index in [1.807, 2.05) is 26.1 Å². The van der Waals surface area contributed by atoms with Crippen molar-refractivity contribution in [1.82, 2.24) is 0 Å². The van der Waals surface area contributed by atoms with Gasteiger partial charge in [-0.2, -0.15) is 0 Å². The summed E-state index contributed by atoms with van der Waals surface area (Å²) >= 11 is 0. The topological polar surface area (TPSA) is 12.4 Å². The summed E-state index contributed by atoms with van der Waals surface area (Å²) in [6.45, 7) is 4.00. The lowest BCUT2D eigenvalue weighted by Crippen LogP contribution is -1.81. The van der Waals surface area contributed by atoms with E-state index in [-0.39, 0.29) is 0 Å². The highest BCUT2D eigenvalue weighted by Gasteiger charge is 2.01. The van der Waals surface area contributed by atoms with Crippen LogP contribution in [0.1, 0.15) is 32.3 Å². The van der Waals surface area contributed by atoms with Crippen molar-refractivity contribution in [2.45, 2.75) is 33.1 Å². The van der Waals surface area contributed by atoms with Crippen molar-refractivity contribution >= 4 is 11.9 Å². The summed E-state index contributed by atoms with van der Waals surface area (Å²) in [6.07, 6.45) is 5.55. The number of nitrogens with zero attached hydrogens (tertiary/aromatic N) is 1. The molecule has 0 aliphatic carbocycles. The molecule has 1 nitrogen and oxygen atoms in total. The first-order chi connectivity index (χ1) is 6.47. The Hall–Kier alpha value is -1.11. The molecule has 2 rings (SSSR count). The fourth-order valence-electron chi connectivity index (χ4n) is 1.39. The summed E-state index contributed by atoms with van der Waals surface area (Å²) in [5.41, 5.74) is 2.55. The van der Waals surface area contributed by atoms with Gasteiger partial charge in [0.1, 0.15) is 0 Å². The number of hydrogen-bond acceptors (Lipinski definition) is 1. The fraction of sp³-hybridized carbons (Fsp3) is 0.417. The zero-order valence-electron chi connectivity index (χ0n) is 8.46. The zero-order chi connectivity index (χ0) is 9.52. The minimum atomic E-state index is 1.12. The van der Waals surface area contributed by atoms with E-state index in [0.29, 0.717) is 0 Å². The SMILES string of the molecule is C1=Nc2ccccc2CCC1.CC. The van der Waals surface area contributed by atoms with Crippen LogP contribution in [0, 0.1) is 0 Å². The van der Waals surface area contributed by atoms with Crippen molar-refractivity contribution in [3.63, 3.8) is 0 Å². The van der Waals surface area contributed by atoms with Gasteiger partial charge in [0.15, 0.2) is 0 Å². The van der Waals surface area contributed by atoms with Crippen LogP contribution in [0.3, 0.4) is 0 Å². The second kappa shape index (κ2) is 5.52. The highest BCUT2D eigenvalue weighted by Crippen LogP contribution is 2.22. The van der Waals surface area contributed by atoms with Crippen molar-refractivity contribution in [3.8, 4) is 0 Å². The van der Waals surface area contributed by atoms with E-state index in [4.69, 9.17) is 0 Å². The standard InChI is InChI=1S/C10H11N.C2H6/c1-2-7-10-9(5-1)6-3-4-8-11-10;1-2/h1-2,5,7-8H,3-4,6H2;1-2H3. The Balaban J connectivity index is 0.000000396. The molecule has 0 amide bonds. The van der Waals surface area contributed by atoms with Gasteiger partial charge in [-0.1, -0.05) is 32.0 Å². The Kier molecular flexibility index (Phi) is 4.24. The summed E-state index contributed by atoms with van der Waals surface area (Å²) in [5, 5.41) is 0. The lowest BCUT2D eigenvalue weighted by molar-refractivity contribution is 0.885. The third-order valence-electron chi connectivity index (χ3n) is 2.00. The molecule has 1 aliphatic heterocycles. The van der Waals surface area contributed by atoms with Gasteiger partial charge in [-0.25, -0.2) is 0 Å². The molecule has 0 radical (unpaired) electrons. The third-order valence-corrected chi connectivity index (χ3v) is 2.00. The molecular formula is C12H17N. The summed E-state index contributed by atoms with van der Waals surface area (Å²) < 4.78 is 0. The number of fused-ring (bicyclic) bond motifs is 1. The maximum absolute atomic E-state index is 4.36. The van der Waals surface area contributed by atoms with Gasteiger partial charge in [0.2, 0.25) is 0 Å².